The van der Waals surface area contributed by atoms with E-state index in [2.05, 4.69) is 27.3 Å². The van der Waals surface area contributed by atoms with E-state index >= 15 is 0 Å². The molecule has 134 valence electrons. The van der Waals surface area contributed by atoms with Crippen LogP contribution in [0.25, 0.3) is 0 Å². The van der Waals surface area contributed by atoms with Crippen LogP contribution in [0.15, 0.2) is 5.10 Å². The van der Waals surface area contributed by atoms with Gasteiger partial charge in [-0.05, 0) is 6.42 Å². The molecule has 1 fully saturated rings. The Morgan fingerprint density at radius 1 is 1.50 bits per heavy atom. The van der Waals surface area contributed by atoms with E-state index in [1.54, 1.807) is 0 Å². The summed E-state index contributed by atoms with van der Waals surface area (Å²) in [5.41, 5.74) is 1.48. The highest BCUT2D eigenvalue weighted by Crippen LogP contribution is 2.46. The molecule has 24 heavy (non-hydrogen) atoms. The summed E-state index contributed by atoms with van der Waals surface area (Å²) in [5, 5.41) is 14.3. The predicted molar refractivity (Wildman–Crippen MR) is 95.7 cm³/mol. The monoisotopic (exact) mass is 471 g/mol. The van der Waals surface area contributed by atoms with Crippen molar-refractivity contribution in [2.24, 2.45) is 11.0 Å². The van der Waals surface area contributed by atoms with Crippen molar-refractivity contribution in [2.45, 2.75) is 24.4 Å². The van der Waals surface area contributed by atoms with Gasteiger partial charge in [0.05, 0.1) is 13.5 Å². The zero-order chi connectivity index (χ0) is 18.3. The minimum absolute atomic E-state index is 0.00612. The number of methoxy groups -OCH3 is 1. The molecule has 0 spiro atoms. The number of nitrogens with zero attached hydrogens (tertiary/aromatic N) is 1. The molecule has 0 aromatic carbocycles. The van der Waals surface area contributed by atoms with Gasteiger partial charge in [0.25, 0.3) is 0 Å². The van der Waals surface area contributed by atoms with E-state index in [4.69, 9.17) is 5.11 Å². The average molecular weight is 471 g/mol. The van der Waals surface area contributed by atoms with Crippen LogP contribution in [0.3, 0.4) is 0 Å². The quantitative estimate of drug-likeness (QED) is 0.124. The van der Waals surface area contributed by atoms with E-state index in [1.165, 1.54) is 29.7 Å². The molecule has 3 atom stereocenters. The Morgan fingerprint density at radius 2 is 2.17 bits per heavy atom. The zero-order valence-electron chi connectivity index (χ0n) is 12.9. The SMILES string of the molecule is C=NN[C@]1(C(=O)N[C@@H](CSC(=O)CO)C(=O)I)CC1CC(=O)OC. The summed E-state index contributed by atoms with van der Waals surface area (Å²) in [4.78, 5) is 46.7. The van der Waals surface area contributed by atoms with Gasteiger partial charge in [0.15, 0.2) is 0 Å². The lowest BCUT2D eigenvalue weighted by Gasteiger charge is -2.20. The molecule has 1 saturated carbocycles. The van der Waals surface area contributed by atoms with Gasteiger partial charge in [-0.1, -0.05) is 11.8 Å². The summed E-state index contributed by atoms with van der Waals surface area (Å²) < 4.78 is 4.23. The van der Waals surface area contributed by atoms with Crippen molar-refractivity contribution < 1.29 is 29.0 Å². The number of carbonyl (C=O) groups excluding carboxylic acids is 4. The van der Waals surface area contributed by atoms with Gasteiger partial charge in [-0.25, -0.2) is 0 Å². The highest BCUT2D eigenvalue weighted by atomic mass is 127. The fourth-order valence-corrected chi connectivity index (χ4v) is 3.49. The predicted octanol–water partition coefficient (Wildman–Crippen LogP) is -0.788. The highest BCUT2D eigenvalue weighted by molar-refractivity contribution is 14.1. The number of hydrogen-bond acceptors (Lipinski definition) is 9. The van der Waals surface area contributed by atoms with E-state index in [1.807, 2.05) is 0 Å². The maximum Gasteiger partial charge on any atom is 0.305 e. The summed E-state index contributed by atoms with van der Waals surface area (Å²) in [5.74, 6) is -1.28. The van der Waals surface area contributed by atoms with Gasteiger partial charge >= 0.3 is 5.97 Å². The average Bonchev–Trinajstić information content (AvgIpc) is 3.24. The van der Waals surface area contributed by atoms with Crippen LogP contribution in [-0.4, -0.2) is 63.7 Å². The van der Waals surface area contributed by atoms with Crippen LogP contribution < -0.4 is 10.7 Å². The third kappa shape index (κ3) is 5.41. The van der Waals surface area contributed by atoms with Crippen LogP contribution in [-0.2, 0) is 23.9 Å². The standard InChI is InChI=1S/C13H18IN3O6S/c1-15-17-13(4-7(13)3-9(19)23-2)12(22)16-8(11(14)21)6-24-10(20)5-18/h7-8,17-18H,1,3-6H2,2H3,(H,16,22)/t7?,8-,13+/m0/s1. The summed E-state index contributed by atoms with van der Waals surface area (Å²) in [7, 11) is 1.26. The number of nitrogens with one attached hydrogen (secondary N) is 2. The minimum atomic E-state index is -1.12. The second kappa shape index (κ2) is 9.32. The Morgan fingerprint density at radius 3 is 2.67 bits per heavy atom. The van der Waals surface area contributed by atoms with Crippen molar-refractivity contribution in [1.82, 2.24) is 10.7 Å². The van der Waals surface area contributed by atoms with Crippen molar-refractivity contribution in [2.75, 3.05) is 19.5 Å². The molecule has 0 heterocycles. The fraction of sp³-hybridized carbons (Fsp3) is 0.615. The highest BCUT2D eigenvalue weighted by Gasteiger charge is 2.61. The third-order valence-corrected chi connectivity index (χ3v) is 5.25. The first kappa shape index (κ1) is 20.8. The molecule has 0 aromatic rings. The minimum Gasteiger partial charge on any atom is -0.469 e. The Balaban J connectivity index is 2.73. The first-order chi connectivity index (χ1) is 11.3. The van der Waals surface area contributed by atoms with Crippen molar-refractivity contribution in [1.29, 1.82) is 0 Å². The maximum absolute atomic E-state index is 12.5. The van der Waals surface area contributed by atoms with E-state index in [9.17, 15) is 19.2 Å². The summed E-state index contributed by atoms with van der Waals surface area (Å²) >= 11 is 2.28. The van der Waals surface area contributed by atoms with Crippen LogP contribution >= 0.6 is 34.4 Å². The number of carbonyl (C=O) groups is 4. The second-order valence-electron chi connectivity index (χ2n) is 5.09. The molecule has 9 nitrogen and oxygen atoms in total. The number of esters is 1. The van der Waals surface area contributed by atoms with Crippen LogP contribution in [0, 0.1) is 5.92 Å². The van der Waals surface area contributed by atoms with Gasteiger partial charge in [0.2, 0.25) is 14.8 Å². The van der Waals surface area contributed by atoms with Gasteiger partial charge in [-0.3, -0.25) is 24.6 Å². The van der Waals surface area contributed by atoms with Gasteiger partial charge in [-0.2, -0.15) is 5.10 Å². The molecule has 11 heteroatoms. The molecule has 0 aromatic heterocycles. The van der Waals surface area contributed by atoms with Gasteiger partial charge in [0, 0.05) is 41.0 Å². The van der Waals surface area contributed by atoms with Crippen LogP contribution in [0.5, 0.6) is 0 Å². The normalized spacial score (nSPS) is 22.9. The zero-order valence-corrected chi connectivity index (χ0v) is 15.9. The third-order valence-electron chi connectivity index (χ3n) is 3.55. The van der Waals surface area contributed by atoms with Gasteiger partial charge < -0.3 is 15.2 Å². The molecule has 3 N–H and O–H groups in total. The summed E-state index contributed by atoms with van der Waals surface area (Å²) in [6.45, 7) is 2.64. The van der Waals surface area contributed by atoms with Gasteiger partial charge in [-0.15, -0.1) is 0 Å². The van der Waals surface area contributed by atoms with Crippen LogP contribution in [0.4, 0.5) is 0 Å². The molecule has 1 aliphatic carbocycles. The number of rotatable bonds is 10. The van der Waals surface area contributed by atoms with Gasteiger partial charge in [0.1, 0.15) is 18.2 Å². The topological polar surface area (TPSA) is 134 Å². The largest absolute Gasteiger partial charge is 0.469 e. The number of hydrogen-bond donors (Lipinski definition) is 3. The molecule has 0 aliphatic heterocycles. The molecule has 0 saturated heterocycles. The molecule has 0 radical (unpaired) electrons. The number of hydrazone groups is 1. The van der Waals surface area contributed by atoms with E-state index in [0.29, 0.717) is 6.42 Å². The molecule has 1 amide bonds. The number of thioether (sulfide) groups is 1. The molecule has 1 rings (SSSR count). The smallest absolute Gasteiger partial charge is 0.305 e. The van der Waals surface area contributed by atoms with Crippen molar-refractivity contribution in [3.05, 3.63) is 0 Å². The number of aliphatic hydroxyl groups excluding tert-OH is 1. The number of ether oxygens (including phenoxy) is 1. The molecule has 1 aliphatic rings. The first-order valence-electron chi connectivity index (χ1n) is 6.87. The van der Waals surface area contributed by atoms with Crippen molar-refractivity contribution in [3.63, 3.8) is 0 Å². The molecular formula is C13H18IN3O6S. The van der Waals surface area contributed by atoms with E-state index in [-0.39, 0.29) is 21.9 Å². The van der Waals surface area contributed by atoms with Crippen molar-refractivity contribution in [3.8, 4) is 0 Å². The Hall–Kier alpha value is -1.21. The van der Waals surface area contributed by atoms with Crippen LogP contribution in [0.1, 0.15) is 12.8 Å². The van der Waals surface area contributed by atoms with E-state index in [0.717, 1.165) is 11.8 Å². The number of halogens is 1. The summed E-state index contributed by atoms with van der Waals surface area (Å²) in [6, 6.07) is -0.901. The molecule has 1 unspecified atom stereocenters. The number of aliphatic hydroxyl groups is 1. The second-order valence-corrected chi connectivity index (χ2v) is 7.23. The molecular weight excluding hydrogens is 453 g/mol. The summed E-state index contributed by atoms with van der Waals surface area (Å²) in [6.07, 6.45) is 0.380. The lowest BCUT2D eigenvalue weighted by atomic mass is 10.1. The Kier molecular flexibility index (Phi) is 8.09. The number of amides is 1. The van der Waals surface area contributed by atoms with Crippen LogP contribution in [0.2, 0.25) is 0 Å². The molecule has 0 bridgehead atoms. The lowest BCUT2D eigenvalue weighted by molar-refractivity contribution is -0.141. The Labute approximate surface area is 156 Å². The van der Waals surface area contributed by atoms with E-state index < -0.39 is 35.2 Å². The Bertz CT molecular complexity index is 546. The van der Waals surface area contributed by atoms with Crippen molar-refractivity contribution >= 4 is 61.9 Å². The fourth-order valence-electron chi connectivity index (χ4n) is 2.14. The first-order valence-corrected chi connectivity index (χ1v) is 8.93. The lowest BCUT2D eigenvalue weighted by Crippen LogP contribution is -2.52. The maximum atomic E-state index is 12.5.